The molecule has 1 atom stereocenters. The van der Waals surface area contributed by atoms with Crippen molar-refractivity contribution in [3.63, 3.8) is 0 Å². The molecular weight excluding hydrogens is 263 g/mol. The molecule has 100 valence electrons. The van der Waals surface area contributed by atoms with Crippen molar-refractivity contribution in [2.24, 2.45) is 0 Å². The molecule has 2 aromatic carbocycles. The SMILES string of the molecule is Cc1cc(F)cc(C)c1C(O)Cc1ccc(Cl)cc1. The summed E-state index contributed by atoms with van der Waals surface area (Å²) in [4.78, 5) is 0. The van der Waals surface area contributed by atoms with Gasteiger partial charge in [0.05, 0.1) is 6.10 Å². The van der Waals surface area contributed by atoms with Crippen LogP contribution in [-0.4, -0.2) is 5.11 Å². The number of halogens is 2. The molecule has 0 spiro atoms. The van der Waals surface area contributed by atoms with E-state index in [1.54, 1.807) is 12.1 Å². The van der Waals surface area contributed by atoms with E-state index in [1.165, 1.54) is 12.1 Å². The third-order valence-electron chi connectivity index (χ3n) is 3.23. The van der Waals surface area contributed by atoms with Crippen LogP contribution in [0.3, 0.4) is 0 Å². The van der Waals surface area contributed by atoms with E-state index in [-0.39, 0.29) is 5.82 Å². The van der Waals surface area contributed by atoms with Gasteiger partial charge in [-0.15, -0.1) is 0 Å². The fraction of sp³-hybridized carbons (Fsp3) is 0.250. The van der Waals surface area contributed by atoms with Gasteiger partial charge >= 0.3 is 0 Å². The molecule has 1 nitrogen and oxygen atoms in total. The van der Waals surface area contributed by atoms with Crippen molar-refractivity contribution >= 4 is 11.6 Å². The second kappa shape index (κ2) is 5.72. The molecule has 0 bridgehead atoms. The highest BCUT2D eigenvalue weighted by Gasteiger charge is 2.15. The van der Waals surface area contributed by atoms with Gasteiger partial charge in [-0.1, -0.05) is 23.7 Å². The topological polar surface area (TPSA) is 20.2 Å². The molecule has 2 aromatic rings. The first-order chi connectivity index (χ1) is 8.97. The number of hydrogen-bond acceptors (Lipinski definition) is 1. The maximum Gasteiger partial charge on any atom is 0.123 e. The summed E-state index contributed by atoms with van der Waals surface area (Å²) in [6.45, 7) is 3.63. The third kappa shape index (κ3) is 3.34. The molecule has 0 fully saturated rings. The average Bonchev–Trinajstić information content (AvgIpc) is 2.30. The van der Waals surface area contributed by atoms with Crippen LogP contribution in [0, 0.1) is 19.7 Å². The number of aliphatic hydroxyl groups excluding tert-OH is 1. The smallest absolute Gasteiger partial charge is 0.123 e. The average molecular weight is 279 g/mol. The van der Waals surface area contributed by atoms with Gasteiger partial charge in [-0.2, -0.15) is 0 Å². The predicted octanol–water partition coefficient (Wildman–Crippen LogP) is 4.37. The van der Waals surface area contributed by atoms with Crippen molar-refractivity contribution in [3.8, 4) is 0 Å². The highest BCUT2D eigenvalue weighted by atomic mass is 35.5. The van der Waals surface area contributed by atoms with E-state index < -0.39 is 6.10 Å². The minimum Gasteiger partial charge on any atom is -0.388 e. The van der Waals surface area contributed by atoms with E-state index in [0.29, 0.717) is 11.4 Å². The monoisotopic (exact) mass is 278 g/mol. The summed E-state index contributed by atoms with van der Waals surface area (Å²) >= 11 is 5.83. The summed E-state index contributed by atoms with van der Waals surface area (Å²) in [7, 11) is 0. The van der Waals surface area contributed by atoms with Crippen LogP contribution < -0.4 is 0 Å². The van der Waals surface area contributed by atoms with Crippen molar-refractivity contribution in [2.75, 3.05) is 0 Å². The molecule has 0 saturated carbocycles. The molecule has 0 aliphatic rings. The summed E-state index contributed by atoms with van der Waals surface area (Å²) in [5, 5.41) is 11.0. The lowest BCUT2D eigenvalue weighted by molar-refractivity contribution is 0.177. The summed E-state index contributed by atoms with van der Waals surface area (Å²) in [6.07, 6.45) is -0.147. The maximum atomic E-state index is 13.2. The zero-order valence-electron chi connectivity index (χ0n) is 11.0. The van der Waals surface area contributed by atoms with Crippen LogP contribution >= 0.6 is 11.6 Å². The molecule has 1 N–H and O–H groups in total. The molecule has 0 heterocycles. The first-order valence-electron chi connectivity index (χ1n) is 6.16. The van der Waals surface area contributed by atoms with Crippen molar-refractivity contribution in [2.45, 2.75) is 26.4 Å². The Balaban J connectivity index is 2.25. The molecule has 0 aliphatic carbocycles. The number of benzene rings is 2. The fourth-order valence-corrected chi connectivity index (χ4v) is 2.52. The second-order valence-electron chi connectivity index (χ2n) is 4.80. The van der Waals surface area contributed by atoms with Crippen LogP contribution in [0.5, 0.6) is 0 Å². The lowest BCUT2D eigenvalue weighted by atomic mass is 9.94. The van der Waals surface area contributed by atoms with E-state index >= 15 is 0 Å². The van der Waals surface area contributed by atoms with Crippen molar-refractivity contribution < 1.29 is 9.50 Å². The van der Waals surface area contributed by atoms with Crippen LogP contribution in [0.1, 0.15) is 28.4 Å². The van der Waals surface area contributed by atoms with Crippen LogP contribution in [-0.2, 0) is 6.42 Å². The molecule has 1 unspecified atom stereocenters. The summed E-state index contributed by atoms with van der Waals surface area (Å²) < 4.78 is 13.2. The van der Waals surface area contributed by atoms with Crippen molar-refractivity contribution in [1.29, 1.82) is 0 Å². The lowest BCUT2D eigenvalue weighted by Crippen LogP contribution is -2.06. The Morgan fingerprint density at radius 2 is 1.63 bits per heavy atom. The third-order valence-corrected chi connectivity index (χ3v) is 3.49. The number of aryl methyl sites for hydroxylation is 2. The summed E-state index contributed by atoms with van der Waals surface area (Å²) in [6, 6.07) is 10.3. The second-order valence-corrected chi connectivity index (χ2v) is 5.24. The van der Waals surface area contributed by atoms with Gasteiger partial charge in [0.15, 0.2) is 0 Å². The summed E-state index contributed by atoms with van der Waals surface area (Å²) in [5.41, 5.74) is 3.36. The largest absolute Gasteiger partial charge is 0.388 e. The number of rotatable bonds is 3. The van der Waals surface area contributed by atoms with Crippen molar-refractivity contribution in [3.05, 3.63) is 69.5 Å². The van der Waals surface area contributed by atoms with E-state index in [0.717, 1.165) is 22.3 Å². The first kappa shape index (κ1) is 14.0. The Morgan fingerprint density at radius 1 is 1.11 bits per heavy atom. The fourth-order valence-electron chi connectivity index (χ4n) is 2.39. The Bertz CT molecular complexity index is 555. The maximum absolute atomic E-state index is 13.2. The Hall–Kier alpha value is -1.38. The highest BCUT2D eigenvalue weighted by Crippen LogP contribution is 2.26. The van der Waals surface area contributed by atoms with E-state index in [1.807, 2.05) is 26.0 Å². The molecule has 3 heteroatoms. The lowest BCUT2D eigenvalue weighted by Gasteiger charge is -2.17. The Morgan fingerprint density at radius 3 is 2.16 bits per heavy atom. The molecular formula is C16H16ClFO. The Labute approximate surface area is 117 Å². The molecule has 0 radical (unpaired) electrons. The quantitative estimate of drug-likeness (QED) is 0.884. The minimum absolute atomic E-state index is 0.266. The molecule has 2 rings (SSSR count). The van der Waals surface area contributed by atoms with E-state index in [9.17, 15) is 9.50 Å². The predicted molar refractivity (Wildman–Crippen MR) is 76.0 cm³/mol. The Kier molecular flexibility index (Phi) is 4.23. The van der Waals surface area contributed by atoms with Crippen LogP contribution in [0.15, 0.2) is 36.4 Å². The molecule has 19 heavy (non-hydrogen) atoms. The van der Waals surface area contributed by atoms with E-state index in [2.05, 4.69) is 0 Å². The normalized spacial score (nSPS) is 12.5. The standard InChI is InChI=1S/C16H16ClFO/c1-10-7-14(18)8-11(2)16(10)15(19)9-12-3-5-13(17)6-4-12/h3-8,15,19H,9H2,1-2H3. The van der Waals surface area contributed by atoms with Gasteiger partial charge in [0.2, 0.25) is 0 Å². The zero-order valence-corrected chi connectivity index (χ0v) is 11.7. The van der Waals surface area contributed by atoms with Crippen LogP contribution in [0.25, 0.3) is 0 Å². The van der Waals surface area contributed by atoms with Crippen molar-refractivity contribution in [1.82, 2.24) is 0 Å². The van der Waals surface area contributed by atoms with Gasteiger partial charge in [-0.25, -0.2) is 4.39 Å². The summed E-state index contributed by atoms with van der Waals surface area (Å²) in [5.74, 6) is -0.266. The molecule has 0 aromatic heterocycles. The van der Waals surface area contributed by atoms with Gasteiger partial charge in [-0.05, 0) is 60.4 Å². The minimum atomic E-state index is -0.637. The highest BCUT2D eigenvalue weighted by molar-refractivity contribution is 6.30. The van der Waals surface area contributed by atoms with Crippen LogP contribution in [0.2, 0.25) is 5.02 Å². The van der Waals surface area contributed by atoms with Gasteiger partial charge < -0.3 is 5.11 Å². The molecule has 0 aliphatic heterocycles. The molecule has 0 amide bonds. The number of aliphatic hydroxyl groups is 1. The van der Waals surface area contributed by atoms with Gasteiger partial charge in [0.25, 0.3) is 0 Å². The van der Waals surface area contributed by atoms with E-state index in [4.69, 9.17) is 11.6 Å². The zero-order chi connectivity index (χ0) is 14.0. The number of hydrogen-bond donors (Lipinski definition) is 1. The van der Waals surface area contributed by atoms with Gasteiger partial charge in [0.1, 0.15) is 5.82 Å². The first-order valence-corrected chi connectivity index (χ1v) is 6.54. The van der Waals surface area contributed by atoms with Gasteiger partial charge in [0, 0.05) is 11.4 Å². The van der Waals surface area contributed by atoms with Gasteiger partial charge in [-0.3, -0.25) is 0 Å². The molecule has 0 saturated heterocycles. The van der Waals surface area contributed by atoms with Crippen LogP contribution in [0.4, 0.5) is 4.39 Å².